The van der Waals surface area contributed by atoms with Gasteiger partial charge in [0.15, 0.2) is 9.84 Å². The molecule has 5 rings (SSSR count). The molecule has 1 saturated heterocycles. The summed E-state index contributed by atoms with van der Waals surface area (Å²) in [6.45, 7) is 2.27. The minimum atomic E-state index is -4.36. The number of methoxy groups -OCH3 is 1. The lowest BCUT2D eigenvalue weighted by atomic mass is 9.71. The molecule has 1 aliphatic heterocycles. The third-order valence-electron chi connectivity index (χ3n) is 7.45. The van der Waals surface area contributed by atoms with Crippen molar-refractivity contribution < 1.29 is 26.3 Å². The average Bonchev–Trinajstić information content (AvgIpc) is 3.35. The van der Waals surface area contributed by atoms with E-state index in [0.717, 1.165) is 36.2 Å². The van der Waals surface area contributed by atoms with Crippen LogP contribution >= 0.6 is 11.3 Å². The number of halogens is 3. The quantitative estimate of drug-likeness (QED) is 0.374. The summed E-state index contributed by atoms with van der Waals surface area (Å²) < 4.78 is 70.4. The summed E-state index contributed by atoms with van der Waals surface area (Å²) in [6, 6.07) is 10.3. The van der Waals surface area contributed by atoms with E-state index in [1.807, 2.05) is 6.07 Å². The first-order chi connectivity index (χ1) is 18.4. The zero-order chi connectivity index (χ0) is 27.9. The molecule has 2 aliphatic rings. The maximum Gasteiger partial charge on any atom is 0.393 e. The second-order valence-electron chi connectivity index (χ2n) is 10.3. The summed E-state index contributed by atoms with van der Waals surface area (Å²) in [7, 11) is 0.158. The summed E-state index contributed by atoms with van der Waals surface area (Å²) in [5.74, 6) is 7.47. The van der Waals surface area contributed by atoms with E-state index in [-0.39, 0.29) is 17.0 Å². The van der Waals surface area contributed by atoms with Crippen molar-refractivity contribution in [3.05, 3.63) is 46.8 Å². The Morgan fingerprint density at radius 1 is 1.18 bits per heavy atom. The first-order valence-electron chi connectivity index (χ1n) is 12.6. The normalized spacial score (nSPS) is 21.1. The number of benzene rings is 2. The molecule has 3 atom stereocenters. The number of thiophene rings is 1. The van der Waals surface area contributed by atoms with Crippen LogP contribution in [-0.4, -0.2) is 65.6 Å². The number of alkyl halides is 3. The third-order valence-corrected chi connectivity index (χ3v) is 9.76. The van der Waals surface area contributed by atoms with Crippen molar-refractivity contribution in [3.8, 4) is 17.6 Å². The van der Waals surface area contributed by atoms with E-state index < -0.39 is 22.4 Å². The molecule has 0 spiro atoms. The molecule has 3 aromatic rings. The van der Waals surface area contributed by atoms with Crippen LogP contribution in [0.4, 0.5) is 24.5 Å². The predicted molar refractivity (Wildman–Crippen MR) is 150 cm³/mol. The van der Waals surface area contributed by atoms with Crippen molar-refractivity contribution in [2.75, 3.05) is 50.7 Å². The Balaban J connectivity index is 1.39. The van der Waals surface area contributed by atoms with Gasteiger partial charge in [-0.2, -0.15) is 13.2 Å². The summed E-state index contributed by atoms with van der Waals surface area (Å²) >= 11 is 1.29. The summed E-state index contributed by atoms with van der Waals surface area (Å²) in [5, 5.41) is 7.26. The molecule has 1 aliphatic carbocycles. The van der Waals surface area contributed by atoms with Gasteiger partial charge in [-0.3, -0.25) is 0 Å². The Bertz CT molecular complexity index is 1560. The molecule has 0 amide bonds. The van der Waals surface area contributed by atoms with Crippen LogP contribution < -0.4 is 15.4 Å². The molecular weight excluding hydrogens is 547 g/mol. The molecule has 11 heteroatoms. The molecule has 39 heavy (non-hydrogen) atoms. The number of hydrogen-bond acceptors (Lipinski definition) is 7. The number of likely N-dealkylation sites (tertiary alicyclic amines) is 1. The second kappa shape index (κ2) is 10.6. The van der Waals surface area contributed by atoms with Crippen LogP contribution in [0.3, 0.4) is 0 Å². The number of ether oxygens (including phenoxy) is 1. The number of anilines is 2. The van der Waals surface area contributed by atoms with Gasteiger partial charge in [-0.25, -0.2) is 8.42 Å². The fourth-order valence-corrected chi connectivity index (χ4v) is 7.38. The highest BCUT2D eigenvalue weighted by Gasteiger charge is 2.46. The van der Waals surface area contributed by atoms with E-state index in [1.165, 1.54) is 30.6 Å². The molecule has 0 radical (unpaired) electrons. The zero-order valence-corrected chi connectivity index (χ0v) is 23.5. The van der Waals surface area contributed by atoms with Crippen LogP contribution in [0.25, 0.3) is 10.1 Å². The second-order valence-corrected chi connectivity index (χ2v) is 13.3. The topological polar surface area (TPSA) is 70.7 Å². The van der Waals surface area contributed by atoms with Crippen molar-refractivity contribution >= 4 is 42.6 Å². The van der Waals surface area contributed by atoms with E-state index in [4.69, 9.17) is 4.74 Å². The van der Waals surface area contributed by atoms with Gasteiger partial charge in [-0.05, 0) is 54.5 Å². The zero-order valence-electron chi connectivity index (χ0n) is 21.9. The lowest BCUT2D eigenvalue weighted by Gasteiger charge is -2.40. The number of nitrogens with zero attached hydrogens (tertiary/aromatic N) is 1. The molecule has 2 fully saturated rings. The fourth-order valence-electron chi connectivity index (χ4n) is 5.57. The molecule has 208 valence electrons. The van der Waals surface area contributed by atoms with E-state index in [0.29, 0.717) is 39.6 Å². The third kappa shape index (κ3) is 5.98. The van der Waals surface area contributed by atoms with E-state index in [9.17, 15) is 21.6 Å². The smallest absolute Gasteiger partial charge is 0.393 e. The standard InChI is InChI=1S/C28H30F3N3O3S2/c1-34-15-17-12-24(21(17)16-34)33-23-7-4-6-19-20(14-28(29,30)31)26(38-27(19)23)8-5-11-32-22-10-9-18(39(3,35)36)13-25(22)37-2/h4,6-7,9-10,13,17,21,24,32-33H,11-12,14-16H2,1-3H3. The van der Waals surface area contributed by atoms with Gasteiger partial charge >= 0.3 is 6.18 Å². The van der Waals surface area contributed by atoms with Crippen LogP contribution in [0.15, 0.2) is 41.3 Å². The Hall–Kier alpha value is -2.94. The van der Waals surface area contributed by atoms with Crippen molar-refractivity contribution in [2.45, 2.75) is 30.0 Å². The van der Waals surface area contributed by atoms with Gasteiger partial charge in [0.25, 0.3) is 0 Å². The average molecular weight is 578 g/mol. The highest BCUT2D eigenvalue weighted by Crippen LogP contribution is 2.44. The summed E-state index contributed by atoms with van der Waals surface area (Å²) in [5.41, 5.74) is 1.59. The van der Waals surface area contributed by atoms with Gasteiger partial charge < -0.3 is 20.3 Å². The molecule has 3 unspecified atom stereocenters. The van der Waals surface area contributed by atoms with Crippen LogP contribution in [0.5, 0.6) is 5.75 Å². The Labute approximate surface area is 230 Å². The first kappa shape index (κ1) is 27.6. The lowest BCUT2D eigenvalue weighted by Crippen LogP contribution is -2.45. The maximum absolute atomic E-state index is 13.6. The van der Waals surface area contributed by atoms with Crippen molar-refractivity contribution in [3.63, 3.8) is 0 Å². The molecule has 0 bridgehead atoms. The molecule has 2 N–H and O–H groups in total. The monoisotopic (exact) mass is 577 g/mol. The Morgan fingerprint density at radius 3 is 2.67 bits per heavy atom. The van der Waals surface area contributed by atoms with Crippen molar-refractivity contribution in [1.29, 1.82) is 0 Å². The van der Waals surface area contributed by atoms with Crippen LogP contribution in [0, 0.1) is 23.7 Å². The lowest BCUT2D eigenvalue weighted by molar-refractivity contribution is -0.126. The first-order valence-corrected chi connectivity index (χ1v) is 15.3. The van der Waals surface area contributed by atoms with Gasteiger partial charge in [0.05, 0.1) is 45.9 Å². The number of sulfone groups is 1. The van der Waals surface area contributed by atoms with Crippen molar-refractivity contribution in [1.82, 2.24) is 4.90 Å². The minimum Gasteiger partial charge on any atom is -0.495 e. The van der Waals surface area contributed by atoms with Gasteiger partial charge in [0.1, 0.15) is 5.75 Å². The molecule has 2 aromatic carbocycles. The molecule has 6 nitrogen and oxygen atoms in total. The Kier molecular flexibility index (Phi) is 7.48. The molecular formula is C28H30F3N3O3S2. The number of rotatable bonds is 7. The highest BCUT2D eigenvalue weighted by molar-refractivity contribution is 7.90. The predicted octanol–water partition coefficient (Wildman–Crippen LogP) is 5.24. The van der Waals surface area contributed by atoms with E-state index >= 15 is 0 Å². The Morgan fingerprint density at radius 2 is 1.97 bits per heavy atom. The number of hydrogen-bond donors (Lipinski definition) is 2. The SMILES string of the molecule is COc1cc(S(C)(=O)=O)ccc1NCC#Cc1sc2c(NC3CC4CN(C)CC43)cccc2c1CC(F)(F)F. The van der Waals surface area contributed by atoms with Gasteiger partial charge in [0, 0.05) is 31.5 Å². The largest absolute Gasteiger partial charge is 0.495 e. The molecule has 1 aromatic heterocycles. The highest BCUT2D eigenvalue weighted by atomic mass is 32.2. The number of fused-ring (bicyclic) bond motifs is 2. The maximum atomic E-state index is 13.6. The fraction of sp³-hybridized carbons (Fsp3) is 0.429. The van der Waals surface area contributed by atoms with Crippen LogP contribution in [0.1, 0.15) is 16.9 Å². The summed E-state index contributed by atoms with van der Waals surface area (Å²) in [6.07, 6.45) is -3.23. The van der Waals surface area contributed by atoms with E-state index in [2.05, 4.69) is 34.4 Å². The van der Waals surface area contributed by atoms with Crippen LogP contribution in [-0.2, 0) is 16.3 Å². The van der Waals surface area contributed by atoms with Gasteiger partial charge in [-0.15, -0.1) is 11.3 Å². The van der Waals surface area contributed by atoms with Gasteiger partial charge in [-0.1, -0.05) is 24.0 Å². The van der Waals surface area contributed by atoms with Crippen LogP contribution in [0.2, 0.25) is 0 Å². The summed E-state index contributed by atoms with van der Waals surface area (Å²) in [4.78, 5) is 2.85. The van der Waals surface area contributed by atoms with E-state index in [1.54, 1.807) is 18.2 Å². The van der Waals surface area contributed by atoms with Crippen molar-refractivity contribution in [2.24, 2.45) is 11.8 Å². The minimum absolute atomic E-state index is 0.125. The molecule has 1 saturated carbocycles. The molecule has 2 heterocycles. The van der Waals surface area contributed by atoms with Gasteiger partial charge in [0.2, 0.25) is 0 Å². The number of nitrogens with one attached hydrogen (secondary N) is 2.